The lowest BCUT2D eigenvalue weighted by molar-refractivity contribution is 0.477. The molecule has 2 atom stereocenters. The molecule has 0 aliphatic carbocycles. The minimum atomic E-state index is -0.00629. The third-order valence-corrected chi connectivity index (χ3v) is 3.43. The van der Waals surface area contributed by atoms with Crippen molar-refractivity contribution in [1.29, 1.82) is 0 Å². The highest BCUT2D eigenvalue weighted by Crippen LogP contribution is 2.26. The van der Waals surface area contributed by atoms with Crippen molar-refractivity contribution in [1.82, 2.24) is 25.9 Å². The second-order valence-corrected chi connectivity index (χ2v) is 4.87. The molecule has 2 aromatic rings. The Morgan fingerprint density at radius 2 is 1.94 bits per heavy atom. The van der Waals surface area contributed by atoms with Crippen LogP contribution in [0.4, 0.5) is 0 Å². The number of tetrazole rings is 1. The maximum Gasteiger partial charge on any atom is 0.191 e. The van der Waals surface area contributed by atoms with E-state index in [4.69, 9.17) is 23.2 Å². The van der Waals surface area contributed by atoms with Crippen LogP contribution < -0.4 is 5.32 Å². The molecule has 0 aliphatic heterocycles. The number of hydrogen-bond acceptors (Lipinski definition) is 4. The first-order chi connectivity index (χ1) is 8.58. The maximum absolute atomic E-state index is 5.99. The molecule has 0 spiro atoms. The van der Waals surface area contributed by atoms with Crippen LogP contribution in [0.25, 0.3) is 0 Å². The Bertz CT molecular complexity index is 514. The third kappa shape index (κ3) is 2.98. The van der Waals surface area contributed by atoms with Crippen molar-refractivity contribution in [2.45, 2.75) is 25.9 Å². The summed E-state index contributed by atoms with van der Waals surface area (Å²) in [4.78, 5) is 0. The van der Waals surface area contributed by atoms with Gasteiger partial charge in [0.1, 0.15) is 0 Å². The number of aromatic nitrogens is 4. The second kappa shape index (κ2) is 5.65. The van der Waals surface area contributed by atoms with E-state index in [-0.39, 0.29) is 12.1 Å². The number of hydrogen-bond donors (Lipinski definition) is 2. The minimum absolute atomic E-state index is 0.00629. The topological polar surface area (TPSA) is 66.5 Å². The summed E-state index contributed by atoms with van der Waals surface area (Å²) in [5.74, 6) is 0.627. The Kier molecular flexibility index (Phi) is 4.16. The Morgan fingerprint density at radius 1 is 1.17 bits per heavy atom. The molecule has 1 aromatic carbocycles. The minimum Gasteiger partial charge on any atom is -0.301 e. The first-order valence-electron chi connectivity index (χ1n) is 5.52. The second-order valence-electron chi connectivity index (χ2n) is 4.05. The zero-order valence-electron chi connectivity index (χ0n) is 9.98. The average molecular weight is 286 g/mol. The number of halogens is 2. The Hall–Kier alpha value is -1.17. The normalized spacial score (nSPS) is 14.4. The van der Waals surface area contributed by atoms with Gasteiger partial charge in [0.05, 0.1) is 16.1 Å². The van der Waals surface area contributed by atoms with E-state index in [9.17, 15) is 0 Å². The van der Waals surface area contributed by atoms with Crippen LogP contribution in [0.5, 0.6) is 0 Å². The van der Waals surface area contributed by atoms with Gasteiger partial charge in [-0.05, 0) is 31.5 Å². The molecule has 2 rings (SSSR count). The van der Waals surface area contributed by atoms with Gasteiger partial charge in [-0.2, -0.15) is 5.21 Å². The quantitative estimate of drug-likeness (QED) is 0.907. The van der Waals surface area contributed by atoms with Crippen molar-refractivity contribution in [3.63, 3.8) is 0 Å². The Morgan fingerprint density at radius 3 is 2.56 bits per heavy atom. The van der Waals surface area contributed by atoms with Crippen LogP contribution in [0.3, 0.4) is 0 Å². The van der Waals surface area contributed by atoms with E-state index >= 15 is 0 Å². The van der Waals surface area contributed by atoms with Crippen LogP contribution in [-0.4, -0.2) is 20.6 Å². The molecule has 18 heavy (non-hydrogen) atoms. The van der Waals surface area contributed by atoms with E-state index < -0.39 is 0 Å². The van der Waals surface area contributed by atoms with Crippen molar-refractivity contribution >= 4 is 23.2 Å². The van der Waals surface area contributed by atoms with E-state index in [0.717, 1.165) is 5.56 Å². The van der Waals surface area contributed by atoms with Gasteiger partial charge in [0.15, 0.2) is 5.82 Å². The fourth-order valence-corrected chi connectivity index (χ4v) is 1.99. The molecule has 7 heteroatoms. The number of H-pyrrole nitrogens is 1. The number of nitrogens with one attached hydrogen (secondary N) is 2. The molecule has 1 aromatic heterocycles. The van der Waals surface area contributed by atoms with Gasteiger partial charge in [-0.25, -0.2) is 0 Å². The summed E-state index contributed by atoms with van der Waals surface area (Å²) in [6.45, 7) is 4.01. The molecule has 0 aliphatic rings. The van der Waals surface area contributed by atoms with E-state index in [1.54, 1.807) is 6.07 Å². The van der Waals surface area contributed by atoms with Crippen LogP contribution in [-0.2, 0) is 0 Å². The van der Waals surface area contributed by atoms with Crippen molar-refractivity contribution in [3.8, 4) is 0 Å². The molecule has 0 bridgehead atoms. The molecule has 5 nitrogen and oxygen atoms in total. The Labute approximate surface area is 115 Å². The highest BCUT2D eigenvalue weighted by Gasteiger charge is 2.15. The lowest BCUT2D eigenvalue weighted by Crippen LogP contribution is -2.23. The predicted molar refractivity (Wildman–Crippen MR) is 70.6 cm³/mol. The number of aromatic amines is 1. The molecule has 0 saturated heterocycles. The van der Waals surface area contributed by atoms with Gasteiger partial charge in [0.2, 0.25) is 0 Å². The van der Waals surface area contributed by atoms with E-state index in [2.05, 4.69) is 25.9 Å². The van der Waals surface area contributed by atoms with Crippen molar-refractivity contribution in [2.24, 2.45) is 0 Å². The smallest absolute Gasteiger partial charge is 0.191 e. The monoisotopic (exact) mass is 285 g/mol. The van der Waals surface area contributed by atoms with Crippen LogP contribution in [0.1, 0.15) is 37.3 Å². The number of benzene rings is 1. The molecule has 0 fully saturated rings. The van der Waals surface area contributed by atoms with E-state index in [1.165, 1.54) is 0 Å². The summed E-state index contributed by atoms with van der Waals surface area (Å²) in [7, 11) is 0. The molecule has 1 heterocycles. The lowest BCUT2D eigenvalue weighted by Gasteiger charge is -2.18. The number of nitrogens with zero attached hydrogens (tertiary/aromatic N) is 3. The first kappa shape index (κ1) is 13.3. The SMILES string of the molecule is CC(NC(C)c1nn[nH]n1)c1ccc(Cl)c(Cl)c1. The molecular formula is C11H13Cl2N5. The average Bonchev–Trinajstić information content (AvgIpc) is 2.86. The van der Waals surface area contributed by atoms with Gasteiger partial charge in [-0.15, -0.1) is 10.2 Å². The predicted octanol–water partition coefficient (Wildman–Crippen LogP) is 2.92. The maximum atomic E-state index is 5.99. The fourth-order valence-electron chi connectivity index (χ4n) is 1.68. The summed E-state index contributed by atoms with van der Waals surface area (Å²) in [6, 6.07) is 5.68. The van der Waals surface area contributed by atoms with Crippen molar-refractivity contribution < 1.29 is 0 Å². The van der Waals surface area contributed by atoms with E-state index in [1.807, 2.05) is 26.0 Å². The lowest BCUT2D eigenvalue weighted by atomic mass is 10.1. The summed E-state index contributed by atoms with van der Waals surface area (Å²) < 4.78 is 0. The molecule has 96 valence electrons. The summed E-state index contributed by atoms with van der Waals surface area (Å²) in [6.07, 6.45) is 0. The van der Waals surface area contributed by atoms with Crippen LogP contribution in [0, 0.1) is 0 Å². The van der Waals surface area contributed by atoms with Gasteiger partial charge in [0, 0.05) is 6.04 Å². The molecule has 0 saturated carbocycles. The van der Waals surface area contributed by atoms with Crippen LogP contribution >= 0.6 is 23.2 Å². The zero-order chi connectivity index (χ0) is 13.1. The van der Waals surface area contributed by atoms with E-state index in [0.29, 0.717) is 15.9 Å². The van der Waals surface area contributed by atoms with Gasteiger partial charge in [-0.1, -0.05) is 34.5 Å². The van der Waals surface area contributed by atoms with Gasteiger partial charge >= 0.3 is 0 Å². The fraction of sp³-hybridized carbons (Fsp3) is 0.364. The highest BCUT2D eigenvalue weighted by molar-refractivity contribution is 6.42. The standard InChI is InChI=1S/C11H13Cl2N5/c1-6(8-3-4-9(12)10(13)5-8)14-7(2)11-15-17-18-16-11/h3-7,14H,1-2H3,(H,15,16,17,18). The summed E-state index contributed by atoms with van der Waals surface area (Å²) >= 11 is 11.9. The third-order valence-electron chi connectivity index (χ3n) is 2.69. The zero-order valence-corrected chi connectivity index (χ0v) is 11.5. The molecule has 0 amide bonds. The highest BCUT2D eigenvalue weighted by atomic mass is 35.5. The van der Waals surface area contributed by atoms with Crippen molar-refractivity contribution in [2.75, 3.05) is 0 Å². The summed E-state index contributed by atoms with van der Waals surface area (Å²) in [5, 5.41) is 18.3. The summed E-state index contributed by atoms with van der Waals surface area (Å²) in [5.41, 5.74) is 1.06. The van der Waals surface area contributed by atoms with Gasteiger partial charge in [0.25, 0.3) is 0 Å². The molecule has 2 unspecified atom stereocenters. The van der Waals surface area contributed by atoms with Gasteiger partial charge < -0.3 is 5.32 Å². The molecule has 0 radical (unpaired) electrons. The largest absolute Gasteiger partial charge is 0.301 e. The molecular weight excluding hydrogens is 273 g/mol. The van der Waals surface area contributed by atoms with Crippen LogP contribution in [0.15, 0.2) is 18.2 Å². The Balaban J connectivity index is 2.07. The van der Waals surface area contributed by atoms with Crippen LogP contribution in [0.2, 0.25) is 10.0 Å². The number of rotatable bonds is 4. The van der Waals surface area contributed by atoms with Gasteiger partial charge in [-0.3, -0.25) is 0 Å². The first-order valence-corrected chi connectivity index (χ1v) is 6.28. The van der Waals surface area contributed by atoms with Crippen molar-refractivity contribution in [3.05, 3.63) is 39.6 Å². The molecule has 2 N–H and O–H groups in total.